The molecule has 1 aliphatic carbocycles. The van der Waals surface area contributed by atoms with Crippen molar-refractivity contribution in [3.63, 3.8) is 0 Å². The summed E-state index contributed by atoms with van der Waals surface area (Å²) >= 11 is 5.96. The molecule has 0 spiro atoms. The van der Waals surface area contributed by atoms with Gasteiger partial charge in [-0.15, -0.1) is 0 Å². The molecule has 0 aromatic heterocycles. The van der Waals surface area contributed by atoms with E-state index in [0.29, 0.717) is 28.6 Å². The number of hydrogen-bond acceptors (Lipinski definition) is 2. The average Bonchev–Trinajstić information content (AvgIpc) is 2.15. The summed E-state index contributed by atoms with van der Waals surface area (Å²) in [6.07, 6.45) is 4.21. The summed E-state index contributed by atoms with van der Waals surface area (Å²) in [4.78, 5) is 11.9. The Balaban J connectivity index is 2.12. The number of carbonyl (C=O) groups is 1. The van der Waals surface area contributed by atoms with Gasteiger partial charge in [0.2, 0.25) is 0 Å². The minimum atomic E-state index is 0.122. The lowest BCUT2D eigenvalue weighted by Gasteiger charge is -2.24. The Bertz CT molecular complexity index is 385. The van der Waals surface area contributed by atoms with Crippen LogP contribution in [0, 0.1) is 5.92 Å². The number of rotatable bonds is 3. The predicted molar refractivity (Wildman–Crippen MR) is 62.2 cm³/mol. The van der Waals surface area contributed by atoms with Crippen molar-refractivity contribution in [1.82, 2.24) is 0 Å². The fourth-order valence-electron chi connectivity index (χ4n) is 1.83. The zero-order chi connectivity index (χ0) is 10.8. The molecule has 0 atom stereocenters. The first-order valence-electron chi connectivity index (χ1n) is 5.25. The summed E-state index contributed by atoms with van der Waals surface area (Å²) in [6, 6.07) is 5.07. The number of hydrogen-bond donors (Lipinski definition) is 1. The number of Topliss-reactive ketones (excluding diaryl/α,β-unsaturated/α-hetero) is 1. The second-order valence-corrected chi connectivity index (χ2v) is 4.57. The van der Waals surface area contributed by atoms with Crippen molar-refractivity contribution in [2.45, 2.75) is 25.7 Å². The van der Waals surface area contributed by atoms with E-state index in [9.17, 15) is 4.79 Å². The lowest BCUT2D eigenvalue weighted by Crippen LogP contribution is -2.16. The van der Waals surface area contributed by atoms with Crippen LogP contribution in [0.25, 0.3) is 0 Å². The zero-order valence-corrected chi connectivity index (χ0v) is 9.26. The van der Waals surface area contributed by atoms with Crippen LogP contribution < -0.4 is 5.73 Å². The first kappa shape index (κ1) is 10.5. The topological polar surface area (TPSA) is 43.1 Å². The summed E-state index contributed by atoms with van der Waals surface area (Å²) in [6.45, 7) is 0. The molecule has 1 aliphatic rings. The Labute approximate surface area is 94.4 Å². The van der Waals surface area contributed by atoms with Crippen molar-refractivity contribution in [2.24, 2.45) is 5.92 Å². The number of carbonyl (C=O) groups excluding carboxylic acids is 1. The van der Waals surface area contributed by atoms with Crippen LogP contribution in [0.2, 0.25) is 5.02 Å². The number of benzene rings is 1. The van der Waals surface area contributed by atoms with E-state index < -0.39 is 0 Å². The third-order valence-corrected chi connectivity index (χ3v) is 3.32. The molecule has 2 N–H and O–H groups in total. The van der Waals surface area contributed by atoms with Gasteiger partial charge in [0.25, 0.3) is 0 Å². The Hall–Kier alpha value is -1.02. The number of nitrogens with two attached hydrogens (primary N) is 1. The van der Waals surface area contributed by atoms with E-state index in [1.807, 2.05) is 0 Å². The van der Waals surface area contributed by atoms with Gasteiger partial charge in [0.15, 0.2) is 5.78 Å². The van der Waals surface area contributed by atoms with Crippen LogP contribution in [0.4, 0.5) is 5.69 Å². The molecule has 1 aromatic carbocycles. The number of ketones is 1. The molecule has 0 radical (unpaired) electrons. The van der Waals surface area contributed by atoms with Gasteiger partial charge in [-0.1, -0.05) is 30.9 Å². The van der Waals surface area contributed by atoms with E-state index in [1.54, 1.807) is 18.2 Å². The van der Waals surface area contributed by atoms with E-state index in [1.165, 1.54) is 19.3 Å². The lowest BCUT2D eigenvalue weighted by molar-refractivity contribution is 0.0936. The fraction of sp³-hybridized carbons (Fsp3) is 0.417. The molecule has 3 heteroatoms. The van der Waals surface area contributed by atoms with Crippen molar-refractivity contribution in [3.8, 4) is 0 Å². The standard InChI is InChI=1S/C12H14ClNO/c13-11-5-4-9(14)7-10(11)12(15)6-8-2-1-3-8/h4-5,7-8H,1-3,6,14H2. The van der Waals surface area contributed by atoms with Gasteiger partial charge in [-0.05, 0) is 24.1 Å². The number of halogens is 1. The SMILES string of the molecule is Nc1ccc(Cl)c(C(=O)CC2CCC2)c1. The molecule has 0 amide bonds. The van der Waals surface area contributed by atoms with Crippen LogP contribution in [0.1, 0.15) is 36.0 Å². The van der Waals surface area contributed by atoms with E-state index in [-0.39, 0.29) is 5.78 Å². The van der Waals surface area contributed by atoms with Gasteiger partial charge in [0.1, 0.15) is 0 Å². The van der Waals surface area contributed by atoms with Gasteiger partial charge in [-0.3, -0.25) is 4.79 Å². The van der Waals surface area contributed by atoms with E-state index >= 15 is 0 Å². The summed E-state index contributed by atoms with van der Waals surface area (Å²) in [5.41, 5.74) is 6.80. The maximum atomic E-state index is 11.9. The van der Waals surface area contributed by atoms with Crippen LogP contribution in [0.3, 0.4) is 0 Å². The molecule has 1 fully saturated rings. The molecular weight excluding hydrogens is 210 g/mol. The van der Waals surface area contributed by atoms with Crippen molar-refractivity contribution in [3.05, 3.63) is 28.8 Å². The van der Waals surface area contributed by atoms with Crippen LogP contribution in [0.15, 0.2) is 18.2 Å². The molecule has 1 aromatic rings. The first-order valence-corrected chi connectivity index (χ1v) is 5.63. The molecule has 2 rings (SSSR count). The predicted octanol–water partition coefficient (Wildman–Crippen LogP) is 3.30. The second kappa shape index (κ2) is 4.23. The highest BCUT2D eigenvalue weighted by Gasteiger charge is 2.22. The summed E-state index contributed by atoms with van der Waals surface area (Å²) in [5.74, 6) is 0.687. The molecule has 0 bridgehead atoms. The van der Waals surface area contributed by atoms with Crippen LogP contribution in [0.5, 0.6) is 0 Å². The highest BCUT2D eigenvalue weighted by molar-refractivity contribution is 6.34. The van der Waals surface area contributed by atoms with Gasteiger partial charge in [0, 0.05) is 17.7 Å². The van der Waals surface area contributed by atoms with Crippen LogP contribution >= 0.6 is 11.6 Å². The van der Waals surface area contributed by atoms with Gasteiger partial charge >= 0.3 is 0 Å². The quantitative estimate of drug-likeness (QED) is 0.631. The smallest absolute Gasteiger partial charge is 0.164 e. The van der Waals surface area contributed by atoms with Gasteiger partial charge in [-0.25, -0.2) is 0 Å². The van der Waals surface area contributed by atoms with E-state index in [0.717, 1.165) is 0 Å². The average molecular weight is 224 g/mol. The summed E-state index contributed by atoms with van der Waals surface area (Å²) in [7, 11) is 0. The van der Waals surface area contributed by atoms with Crippen LogP contribution in [-0.2, 0) is 0 Å². The molecule has 80 valence electrons. The van der Waals surface area contributed by atoms with Crippen molar-refractivity contribution < 1.29 is 4.79 Å². The minimum absolute atomic E-state index is 0.122. The maximum absolute atomic E-state index is 11.9. The minimum Gasteiger partial charge on any atom is -0.399 e. The van der Waals surface area contributed by atoms with Gasteiger partial charge in [0.05, 0.1) is 5.02 Å². The monoisotopic (exact) mass is 223 g/mol. The molecule has 0 unspecified atom stereocenters. The molecule has 0 heterocycles. The maximum Gasteiger partial charge on any atom is 0.164 e. The molecule has 0 aliphatic heterocycles. The largest absolute Gasteiger partial charge is 0.399 e. The molecule has 2 nitrogen and oxygen atoms in total. The molecule has 15 heavy (non-hydrogen) atoms. The number of anilines is 1. The first-order chi connectivity index (χ1) is 7.16. The highest BCUT2D eigenvalue weighted by Crippen LogP contribution is 2.31. The Morgan fingerprint density at radius 2 is 2.20 bits per heavy atom. The van der Waals surface area contributed by atoms with E-state index in [4.69, 9.17) is 17.3 Å². The fourth-order valence-corrected chi connectivity index (χ4v) is 2.05. The summed E-state index contributed by atoms with van der Waals surface area (Å²) in [5, 5.41) is 0.508. The molecule has 1 saturated carbocycles. The molecular formula is C12H14ClNO. The van der Waals surface area contributed by atoms with Gasteiger partial charge < -0.3 is 5.73 Å². The normalized spacial score (nSPS) is 16.1. The molecule has 0 saturated heterocycles. The van der Waals surface area contributed by atoms with Crippen molar-refractivity contribution in [1.29, 1.82) is 0 Å². The summed E-state index contributed by atoms with van der Waals surface area (Å²) < 4.78 is 0. The second-order valence-electron chi connectivity index (χ2n) is 4.16. The third-order valence-electron chi connectivity index (χ3n) is 2.99. The lowest BCUT2D eigenvalue weighted by atomic mass is 9.81. The number of nitrogen functional groups attached to an aromatic ring is 1. The zero-order valence-electron chi connectivity index (χ0n) is 8.50. The van der Waals surface area contributed by atoms with Gasteiger partial charge in [-0.2, -0.15) is 0 Å². The Kier molecular flexibility index (Phi) is 2.96. The van der Waals surface area contributed by atoms with Crippen LogP contribution in [-0.4, -0.2) is 5.78 Å². The van der Waals surface area contributed by atoms with Crippen molar-refractivity contribution in [2.75, 3.05) is 5.73 Å². The highest BCUT2D eigenvalue weighted by atomic mass is 35.5. The Morgan fingerprint density at radius 3 is 2.80 bits per heavy atom. The van der Waals surface area contributed by atoms with E-state index in [2.05, 4.69) is 0 Å². The third kappa shape index (κ3) is 2.32. The Morgan fingerprint density at radius 1 is 1.47 bits per heavy atom. The van der Waals surface area contributed by atoms with Crippen molar-refractivity contribution >= 4 is 23.1 Å².